The van der Waals surface area contributed by atoms with Gasteiger partial charge in [-0.15, -0.1) is 0 Å². The molecule has 0 aliphatic rings. The lowest BCUT2D eigenvalue weighted by Gasteiger charge is -2.20. The van der Waals surface area contributed by atoms with Gasteiger partial charge in [0.2, 0.25) is 0 Å². The number of halogens is 2. The Bertz CT molecular complexity index is 450. The molecule has 1 aromatic carbocycles. The van der Waals surface area contributed by atoms with E-state index in [1.54, 1.807) is 20.8 Å². The van der Waals surface area contributed by atoms with Crippen molar-refractivity contribution in [3.63, 3.8) is 0 Å². The summed E-state index contributed by atoms with van der Waals surface area (Å²) in [6.45, 7) is 5.01. The number of ether oxygens (including phenoxy) is 1. The molecule has 3 nitrogen and oxygen atoms in total. The average molecular weight is 291 g/mol. The smallest absolute Gasteiger partial charge is 0.166 e. The molecule has 0 spiro atoms. The summed E-state index contributed by atoms with van der Waals surface area (Å²) in [5, 5.41) is 10.3. The fourth-order valence-corrected chi connectivity index (χ4v) is 1.90. The van der Waals surface area contributed by atoms with Crippen LogP contribution in [0.3, 0.4) is 0 Å². The van der Waals surface area contributed by atoms with Crippen molar-refractivity contribution in [1.29, 1.82) is 0 Å². The minimum Gasteiger partial charge on any atom is -0.488 e. The van der Waals surface area contributed by atoms with Gasteiger partial charge in [0.25, 0.3) is 0 Å². The van der Waals surface area contributed by atoms with Gasteiger partial charge in [0, 0.05) is 11.4 Å². The topological polar surface area (TPSA) is 46.5 Å². The molecule has 100 valence electrons. The molecule has 0 atom stereocenters. The fraction of sp³-hybridized carbons (Fsp3) is 0.462. The summed E-state index contributed by atoms with van der Waals surface area (Å²) in [4.78, 5) is 11.8. The zero-order chi connectivity index (χ0) is 13.9. The second-order valence-electron chi connectivity index (χ2n) is 4.64. The number of carbonyl (C=O) groups is 1. The van der Waals surface area contributed by atoms with Crippen LogP contribution in [0.25, 0.3) is 0 Å². The van der Waals surface area contributed by atoms with E-state index < -0.39 is 5.60 Å². The van der Waals surface area contributed by atoms with Gasteiger partial charge in [-0.05, 0) is 26.0 Å². The molecule has 0 amide bonds. The predicted molar refractivity (Wildman–Crippen MR) is 72.9 cm³/mol. The van der Waals surface area contributed by atoms with Gasteiger partial charge in [-0.1, -0.05) is 30.1 Å². The lowest BCUT2D eigenvalue weighted by Crippen LogP contribution is -2.28. The number of aliphatic hydroxyl groups is 1. The number of rotatable bonds is 5. The zero-order valence-corrected chi connectivity index (χ0v) is 12.1. The largest absolute Gasteiger partial charge is 0.488 e. The molecule has 5 heteroatoms. The molecule has 0 bridgehead atoms. The number of hydrogen-bond donors (Lipinski definition) is 1. The molecule has 0 radical (unpaired) electrons. The van der Waals surface area contributed by atoms with E-state index in [1.807, 2.05) is 0 Å². The third kappa shape index (κ3) is 4.16. The van der Waals surface area contributed by atoms with Crippen molar-refractivity contribution in [2.45, 2.75) is 32.8 Å². The summed E-state index contributed by atoms with van der Waals surface area (Å²) in [5.41, 5.74) is -0.658. The first-order chi connectivity index (χ1) is 8.24. The zero-order valence-electron chi connectivity index (χ0n) is 10.6. The highest BCUT2D eigenvalue weighted by Crippen LogP contribution is 2.33. The molecule has 0 unspecified atom stereocenters. The summed E-state index contributed by atoms with van der Waals surface area (Å²) in [6.07, 6.45) is 0.329. The second kappa shape index (κ2) is 5.91. The Labute approximate surface area is 117 Å². The van der Waals surface area contributed by atoms with Crippen molar-refractivity contribution in [1.82, 2.24) is 0 Å². The molecule has 0 saturated carbocycles. The summed E-state index contributed by atoms with van der Waals surface area (Å²) in [5.74, 6) is 0.167. The average Bonchev–Trinajstić information content (AvgIpc) is 2.24. The molecule has 1 N–H and O–H groups in total. The highest BCUT2D eigenvalue weighted by atomic mass is 35.5. The van der Waals surface area contributed by atoms with E-state index in [0.29, 0.717) is 17.0 Å². The van der Waals surface area contributed by atoms with Crippen molar-refractivity contribution in [3.8, 4) is 5.75 Å². The van der Waals surface area contributed by atoms with Gasteiger partial charge in [-0.25, -0.2) is 0 Å². The van der Waals surface area contributed by atoms with E-state index in [4.69, 9.17) is 27.9 Å². The molecule has 1 rings (SSSR count). The predicted octanol–water partition coefficient (Wildman–Crippen LogP) is 3.74. The Morgan fingerprint density at radius 1 is 1.39 bits per heavy atom. The van der Waals surface area contributed by atoms with Crippen LogP contribution >= 0.6 is 23.2 Å². The molecule has 1 aromatic rings. The van der Waals surface area contributed by atoms with Gasteiger partial charge in [-0.2, -0.15) is 0 Å². The Balaban J connectivity index is 3.12. The molecule has 0 aliphatic carbocycles. The number of ketones is 1. The van der Waals surface area contributed by atoms with Crippen LogP contribution in [0.5, 0.6) is 5.75 Å². The third-order valence-electron chi connectivity index (χ3n) is 2.20. The standard InChI is InChI=1S/C13H16Cl2O3/c1-4-11(16)9-5-8(14)6-10(15)12(9)18-7-13(2,3)17/h5-6,17H,4,7H2,1-3H3. The van der Waals surface area contributed by atoms with E-state index in [2.05, 4.69) is 0 Å². The van der Waals surface area contributed by atoms with Crippen LogP contribution in [-0.4, -0.2) is 23.1 Å². The molecule has 18 heavy (non-hydrogen) atoms. The second-order valence-corrected chi connectivity index (χ2v) is 5.49. The first-order valence-electron chi connectivity index (χ1n) is 5.62. The Morgan fingerprint density at radius 2 is 2.00 bits per heavy atom. The highest BCUT2D eigenvalue weighted by molar-refractivity contribution is 6.36. The van der Waals surface area contributed by atoms with Crippen LogP contribution in [-0.2, 0) is 0 Å². The normalized spacial score (nSPS) is 11.4. The maximum atomic E-state index is 11.8. The lowest BCUT2D eigenvalue weighted by atomic mass is 10.1. The van der Waals surface area contributed by atoms with Crippen molar-refractivity contribution < 1.29 is 14.6 Å². The maximum absolute atomic E-state index is 11.8. The van der Waals surface area contributed by atoms with E-state index in [1.165, 1.54) is 12.1 Å². The summed E-state index contributed by atoms with van der Waals surface area (Å²) < 4.78 is 5.45. The highest BCUT2D eigenvalue weighted by Gasteiger charge is 2.20. The quantitative estimate of drug-likeness (QED) is 0.841. The van der Waals surface area contributed by atoms with Crippen LogP contribution in [0.2, 0.25) is 10.0 Å². The van der Waals surface area contributed by atoms with Crippen LogP contribution in [0, 0.1) is 0 Å². The van der Waals surface area contributed by atoms with E-state index in [0.717, 1.165) is 0 Å². The number of Topliss-reactive ketones (excluding diaryl/α,β-unsaturated/α-hetero) is 1. The van der Waals surface area contributed by atoms with Crippen molar-refractivity contribution in [3.05, 3.63) is 27.7 Å². The van der Waals surface area contributed by atoms with Gasteiger partial charge in [-0.3, -0.25) is 4.79 Å². The van der Waals surface area contributed by atoms with Gasteiger partial charge < -0.3 is 9.84 Å². The van der Waals surface area contributed by atoms with Crippen LogP contribution in [0.15, 0.2) is 12.1 Å². The van der Waals surface area contributed by atoms with Gasteiger partial charge >= 0.3 is 0 Å². The third-order valence-corrected chi connectivity index (χ3v) is 2.70. The molecule has 0 heterocycles. The minimum absolute atomic E-state index is 0.0400. The minimum atomic E-state index is -1.00. The summed E-state index contributed by atoms with van der Waals surface area (Å²) in [6, 6.07) is 3.04. The molecule has 0 saturated heterocycles. The van der Waals surface area contributed by atoms with E-state index in [9.17, 15) is 9.90 Å². The summed E-state index contributed by atoms with van der Waals surface area (Å²) >= 11 is 11.9. The Hall–Kier alpha value is -0.770. The monoisotopic (exact) mass is 290 g/mol. The Kier molecular flexibility index (Phi) is 5.02. The first kappa shape index (κ1) is 15.3. The molecule has 0 fully saturated rings. The van der Waals surface area contributed by atoms with Crippen LogP contribution in [0.1, 0.15) is 37.6 Å². The lowest BCUT2D eigenvalue weighted by molar-refractivity contribution is 0.0281. The maximum Gasteiger partial charge on any atom is 0.166 e. The Morgan fingerprint density at radius 3 is 2.50 bits per heavy atom. The van der Waals surface area contributed by atoms with Crippen LogP contribution in [0.4, 0.5) is 0 Å². The fourth-order valence-electron chi connectivity index (χ4n) is 1.35. The molecule has 0 aromatic heterocycles. The van der Waals surface area contributed by atoms with Crippen molar-refractivity contribution in [2.24, 2.45) is 0 Å². The molecule has 0 aliphatic heterocycles. The van der Waals surface area contributed by atoms with Gasteiger partial charge in [0.15, 0.2) is 5.78 Å². The summed E-state index contributed by atoms with van der Waals surface area (Å²) in [7, 11) is 0. The number of carbonyl (C=O) groups excluding carboxylic acids is 1. The SMILES string of the molecule is CCC(=O)c1cc(Cl)cc(Cl)c1OCC(C)(C)O. The van der Waals surface area contributed by atoms with E-state index >= 15 is 0 Å². The molecular weight excluding hydrogens is 275 g/mol. The van der Waals surface area contributed by atoms with Crippen molar-refractivity contribution >= 4 is 29.0 Å². The first-order valence-corrected chi connectivity index (χ1v) is 6.37. The number of hydrogen-bond acceptors (Lipinski definition) is 3. The van der Waals surface area contributed by atoms with Crippen molar-refractivity contribution in [2.75, 3.05) is 6.61 Å². The number of benzene rings is 1. The van der Waals surface area contributed by atoms with E-state index in [-0.39, 0.29) is 23.2 Å². The van der Waals surface area contributed by atoms with Gasteiger partial charge in [0.05, 0.1) is 16.2 Å². The molecular formula is C13H16Cl2O3. The van der Waals surface area contributed by atoms with Crippen LogP contribution < -0.4 is 4.74 Å². The van der Waals surface area contributed by atoms with Gasteiger partial charge in [0.1, 0.15) is 12.4 Å².